The molecule has 0 radical (unpaired) electrons. The first-order valence-electron chi connectivity index (χ1n) is 35.7. The van der Waals surface area contributed by atoms with E-state index >= 15 is 0 Å². The molecular weight excluding hydrogens is 1150 g/mol. The fourth-order valence-corrected chi connectivity index (χ4v) is 30.5. The summed E-state index contributed by atoms with van der Waals surface area (Å²) in [7, 11) is -7.81. The highest BCUT2D eigenvalue weighted by molar-refractivity contribution is 6.95. The minimum Gasteiger partial charge on any atom is -0.309 e. The molecule has 0 amide bonds. The van der Waals surface area contributed by atoms with Crippen molar-refractivity contribution in [3.63, 3.8) is 0 Å². The molecule has 0 aliphatic rings. The fraction of sp³-hybridized carbons (Fsp3) is 0.476. The number of hydrogen-bond donors (Lipinski definition) is 0. The lowest BCUT2D eigenvalue weighted by Gasteiger charge is -2.39. The van der Waals surface area contributed by atoms with E-state index in [1.807, 2.05) is 0 Å². The van der Waals surface area contributed by atoms with Gasteiger partial charge in [-0.05, 0) is 110 Å². The monoisotopic (exact) mass is 1270 g/mol. The topological polar surface area (TPSA) is 6.48 Å². The predicted octanol–water partition coefficient (Wildman–Crippen LogP) is 24.7. The van der Waals surface area contributed by atoms with Crippen LogP contribution in [0.5, 0.6) is 0 Å². The van der Waals surface area contributed by atoms with Crippen molar-refractivity contribution < 1.29 is 0 Å². The van der Waals surface area contributed by atoms with Gasteiger partial charge in [0.1, 0.15) is 0 Å². The molecule has 0 spiro atoms. The van der Waals surface area contributed by atoms with Gasteiger partial charge in [0.2, 0.25) is 0 Å². The summed E-state index contributed by atoms with van der Waals surface area (Å²) >= 11 is 0. The van der Waals surface area contributed by atoms with Crippen LogP contribution >= 0.6 is 0 Å². The first-order valence-corrected chi connectivity index (χ1v) is 46.2. The third kappa shape index (κ3) is 13.5. The smallest absolute Gasteiger partial charge is 0.0860 e. The molecule has 8 aromatic rings. The van der Waals surface area contributed by atoms with Gasteiger partial charge in [-0.25, -0.2) is 0 Å². The molecule has 0 unspecified atom stereocenters. The van der Waals surface area contributed by atoms with E-state index in [4.69, 9.17) is 0 Å². The number of fused-ring (bicyclic) bond motifs is 2. The Morgan fingerprint density at radius 1 is 0.244 bits per heavy atom. The molecule has 0 bridgehead atoms. The van der Waals surface area contributed by atoms with E-state index in [0.29, 0.717) is 0 Å². The van der Waals surface area contributed by atoms with Crippen LogP contribution in [0, 0.1) is 0 Å². The maximum absolute atomic E-state index is 2.83. The van der Waals surface area contributed by atoms with Crippen LogP contribution in [0.15, 0.2) is 146 Å². The molecule has 0 heterocycles. The molecule has 0 aliphatic carbocycles. The van der Waals surface area contributed by atoms with Crippen molar-refractivity contribution in [3.8, 4) is 11.1 Å². The van der Waals surface area contributed by atoms with Crippen LogP contribution < -0.4 is 30.5 Å². The third-order valence-corrected chi connectivity index (χ3v) is 45.6. The lowest BCUT2D eigenvalue weighted by atomic mass is 9.80. The van der Waals surface area contributed by atoms with Gasteiger partial charge >= 0.3 is 0 Å². The van der Waals surface area contributed by atoms with E-state index in [1.54, 1.807) is 20.7 Å². The molecule has 90 heavy (non-hydrogen) atoms. The van der Waals surface area contributed by atoms with Crippen LogP contribution in [0.3, 0.4) is 0 Å². The summed E-state index contributed by atoms with van der Waals surface area (Å²) in [6.45, 7) is 59.1. The van der Waals surface area contributed by atoms with E-state index in [-0.39, 0.29) is 21.7 Å². The van der Waals surface area contributed by atoms with E-state index in [2.05, 4.69) is 322 Å². The van der Waals surface area contributed by atoms with E-state index in [9.17, 15) is 0 Å². The molecule has 8 aromatic carbocycles. The van der Waals surface area contributed by atoms with Gasteiger partial charge in [0, 0.05) is 44.3 Å². The molecule has 0 N–H and O–H groups in total. The second-order valence-corrected chi connectivity index (χ2v) is 52.5. The third-order valence-electron chi connectivity index (χ3n) is 23.3. The van der Waals surface area contributed by atoms with Gasteiger partial charge in [-0.3, -0.25) is 0 Å². The summed E-state index contributed by atoms with van der Waals surface area (Å²) in [4.78, 5) is 5.65. The van der Waals surface area contributed by atoms with Crippen molar-refractivity contribution in [3.05, 3.63) is 168 Å². The van der Waals surface area contributed by atoms with Gasteiger partial charge in [-0.1, -0.05) is 350 Å². The van der Waals surface area contributed by atoms with Crippen molar-refractivity contribution >= 4 is 109 Å². The molecule has 6 heteroatoms. The Bertz CT molecular complexity index is 3600. The Labute approximate surface area is 554 Å². The molecule has 0 fully saturated rings. The Balaban J connectivity index is 1.74. The molecule has 0 saturated carbocycles. The number of rotatable bonds is 23. The summed E-state index contributed by atoms with van der Waals surface area (Å²) in [5, 5.41) is 11.7. The highest BCUT2D eigenvalue weighted by Gasteiger charge is 2.39. The molecule has 0 atom stereocenters. The van der Waals surface area contributed by atoms with Gasteiger partial charge in [0.15, 0.2) is 0 Å². The van der Waals surface area contributed by atoms with Crippen LogP contribution in [0.4, 0.5) is 34.1 Å². The highest BCUT2D eigenvalue weighted by atomic mass is 28.3. The number of benzene rings is 8. The molecule has 482 valence electrons. The lowest BCUT2D eigenvalue weighted by molar-refractivity contribution is 0.568. The second-order valence-electron chi connectivity index (χ2n) is 31.5. The molecule has 2 nitrogen and oxygen atoms in total. The number of hydrogen-bond acceptors (Lipinski definition) is 2. The van der Waals surface area contributed by atoms with E-state index in [0.717, 1.165) is 0 Å². The van der Waals surface area contributed by atoms with Gasteiger partial charge in [-0.2, -0.15) is 0 Å². The van der Waals surface area contributed by atoms with E-state index < -0.39 is 32.3 Å². The van der Waals surface area contributed by atoms with Crippen LogP contribution in [-0.4, -0.2) is 32.3 Å². The van der Waals surface area contributed by atoms with E-state index in [1.165, 1.54) is 162 Å². The lowest BCUT2D eigenvalue weighted by Crippen LogP contribution is -2.52. The Hall–Kier alpha value is -5.25. The zero-order valence-electron chi connectivity index (χ0n) is 61.2. The average molecular weight is 1270 g/mol. The standard InChI is InChI=1S/C84H120N2Si4/c1-25-87(26-2,27-3)71-55-69(56-72(59-71)88(28-4,29-5)30-6)85(67-51-63(81(13,14)15)49-64(52-67)82(16,17)18)79-75-44-40-41-45-76(75)80(78-48-62(46-47-77(78)79)61-42-38-37-39-43-61)86(68-53-65(83(19,20)21)50-66(54-68)84(22,23)24)70-57-73(89(31-7,32-8)33-9)60-74(58-70)90(34-10,35-11)36-12/h37-60H,25-36H2,1-24H3. The molecule has 8 rings (SSSR count). The van der Waals surface area contributed by atoms with Crippen molar-refractivity contribution in [2.45, 2.75) is 260 Å². The minimum atomic E-state index is -1.96. The predicted molar refractivity (Wildman–Crippen MR) is 418 cm³/mol. The van der Waals surface area contributed by atoms with Gasteiger partial charge in [0.25, 0.3) is 0 Å². The first kappa shape index (κ1) is 70.6. The largest absolute Gasteiger partial charge is 0.309 e. The summed E-state index contributed by atoms with van der Waals surface area (Å²) in [5.74, 6) is 0. The Morgan fingerprint density at radius 3 is 0.778 bits per heavy atom. The zero-order chi connectivity index (χ0) is 66.2. The number of nitrogens with zero attached hydrogens (tertiary/aromatic N) is 2. The molecule has 0 aromatic heterocycles. The van der Waals surface area contributed by atoms with Crippen molar-refractivity contribution in [1.29, 1.82) is 0 Å². The normalized spacial score (nSPS) is 13.2. The van der Waals surface area contributed by atoms with Gasteiger partial charge < -0.3 is 9.80 Å². The maximum atomic E-state index is 2.83. The first-order chi connectivity index (χ1) is 42.4. The summed E-state index contributed by atoms with van der Waals surface area (Å²) in [5.41, 5.74) is 15.2. The quantitative estimate of drug-likeness (QED) is 0.0358. The minimum absolute atomic E-state index is 0.0976. The van der Waals surface area contributed by atoms with Crippen LogP contribution in [0.1, 0.15) is 188 Å². The summed E-state index contributed by atoms with van der Waals surface area (Å²) < 4.78 is 0. The van der Waals surface area contributed by atoms with Crippen molar-refractivity contribution in [2.24, 2.45) is 0 Å². The maximum Gasteiger partial charge on any atom is 0.0860 e. The molecule has 0 saturated heterocycles. The Kier molecular flexibility index (Phi) is 21.5. The number of anilines is 6. The highest BCUT2D eigenvalue weighted by Crippen LogP contribution is 2.54. The van der Waals surface area contributed by atoms with Crippen LogP contribution in [-0.2, 0) is 21.7 Å². The summed E-state index contributed by atoms with van der Waals surface area (Å²) in [6.07, 6.45) is 0. The average Bonchev–Trinajstić information content (AvgIpc) is 0.730. The van der Waals surface area contributed by atoms with Crippen molar-refractivity contribution in [2.75, 3.05) is 9.80 Å². The second kappa shape index (κ2) is 27.4. The molecular formula is C84H120N2Si4. The van der Waals surface area contributed by atoms with Crippen LogP contribution in [0.2, 0.25) is 72.5 Å². The van der Waals surface area contributed by atoms with Crippen molar-refractivity contribution in [1.82, 2.24) is 0 Å². The SMILES string of the molecule is CC[Si](CC)(CC)c1cc(N(c2cc(C(C)(C)C)cc(C(C)(C)C)c2)c2c3ccccc3c(N(c3cc(C(C)(C)C)cc(C(C)(C)C)c3)c3cc([Si](CC)(CC)CC)cc([Si](CC)(CC)CC)c3)c3cc(-c4ccccc4)ccc23)cc([Si](CC)(CC)CC)c1. The Morgan fingerprint density at radius 2 is 0.500 bits per heavy atom. The zero-order valence-corrected chi connectivity index (χ0v) is 65.2. The molecule has 0 aliphatic heterocycles. The fourth-order valence-electron chi connectivity index (χ4n) is 15.6. The van der Waals surface area contributed by atoms with Gasteiger partial charge in [0.05, 0.1) is 43.7 Å². The van der Waals surface area contributed by atoms with Gasteiger partial charge in [-0.15, -0.1) is 0 Å². The van der Waals surface area contributed by atoms with Crippen LogP contribution in [0.25, 0.3) is 32.7 Å². The summed E-state index contributed by atoms with van der Waals surface area (Å²) in [6, 6.07) is 75.3.